The minimum Gasteiger partial charge on any atom is -0.497 e. The van der Waals surface area contributed by atoms with Crippen molar-refractivity contribution < 1.29 is 23.8 Å². The lowest BCUT2D eigenvalue weighted by Crippen LogP contribution is -2.68. The molecule has 198 valence electrons. The lowest BCUT2D eigenvalue weighted by atomic mass is 9.55. The molecule has 5 rings (SSSR count). The van der Waals surface area contributed by atoms with Crippen LogP contribution < -0.4 is 10.1 Å². The summed E-state index contributed by atoms with van der Waals surface area (Å²) in [6.45, 7) is 4.45. The highest BCUT2D eigenvalue weighted by molar-refractivity contribution is 5.68. The molecular formula is C30H38N2O5. The number of benzene rings is 2. The lowest BCUT2D eigenvalue weighted by Gasteiger charge is -2.59. The number of likely N-dealkylation sites (tertiary alicyclic amines) is 1. The van der Waals surface area contributed by atoms with Gasteiger partial charge < -0.3 is 19.5 Å². The number of carbonyl (C=O) groups is 2. The van der Waals surface area contributed by atoms with Crippen molar-refractivity contribution >= 4 is 12.1 Å². The SMILES string of the molecule is COc1cccc(C23CCN(CC4CC4)CC2(OC(C)=O)CCC(NC(=O)OCc2ccccc2)C3)c1. The molecule has 1 saturated heterocycles. The molecule has 0 radical (unpaired) electrons. The van der Waals surface area contributed by atoms with E-state index in [2.05, 4.69) is 22.3 Å². The van der Waals surface area contributed by atoms with Gasteiger partial charge in [0.25, 0.3) is 0 Å². The highest BCUT2D eigenvalue weighted by Crippen LogP contribution is 2.54. The van der Waals surface area contributed by atoms with E-state index in [9.17, 15) is 9.59 Å². The van der Waals surface area contributed by atoms with E-state index in [4.69, 9.17) is 14.2 Å². The maximum atomic E-state index is 12.8. The van der Waals surface area contributed by atoms with Crippen LogP contribution in [0.25, 0.3) is 0 Å². The number of hydrogen-bond acceptors (Lipinski definition) is 6. The molecule has 2 aliphatic carbocycles. The smallest absolute Gasteiger partial charge is 0.407 e. The van der Waals surface area contributed by atoms with Crippen LogP contribution in [-0.2, 0) is 26.3 Å². The summed E-state index contributed by atoms with van der Waals surface area (Å²) in [5.41, 5.74) is 0.947. The molecule has 0 bridgehead atoms. The van der Waals surface area contributed by atoms with Crippen molar-refractivity contribution in [3.8, 4) is 5.75 Å². The van der Waals surface area contributed by atoms with Gasteiger partial charge in [0.15, 0.2) is 0 Å². The summed E-state index contributed by atoms with van der Waals surface area (Å²) in [6, 6.07) is 17.7. The van der Waals surface area contributed by atoms with Gasteiger partial charge in [-0.05, 0) is 74.2 Å². The van der Waals surface area contributed by atoms with Gasteiger partial charge in [-0.3, -0.25) is 9.69 Å². The number of esters is 1. The Morgan fingerprint density at radius 2 is 1.86 bits per heavy atom. The number of carbonyl (C=O) groups excluding carboxylic acids is 2. The number of alkyl carbamates (subject to hydrolysis) is 1. The van der Waals surface area contributed by atoms with Gasteiger partial charge in [-0.25, -0.2) is 4.79 Å². The Kier molecular flexibility index (Phi) is 7.43. The van der Waals surface area contributed by atoms with Crippen LogP contribution in [0.3, 0.4) is 0 Å². The first kappa shape index (κ1) is 25.6. The van der Waals surface area contributed by atoms with E-state index in [1.807, 2.05) is 42.5 Å². The second kappa shape index (κ2) is 10.7. The number of nitrogens with zero attached hydrogens (tertiary/aromatic N) is 1. The maximum Gasteiger partial charge on any atom is 0.407 e. The van der Waals surface area contributed by atoms with Crippen LogP contribution in [0.2, 0.25) is 0 Å². The topological polar surface area (TPSA) is 77.1 Å². The van der Waals surface area contributed by atoms with E-state index in [-0.39, 0.29) is 18.6 Å². The molecule has 7 heteroatoms. The number of ether oxygens (including phenoxy) is 3. The third kappa shape index (κ3) is 5.61. The van der Waals surface area contributed by atoms with Crippen LogP contribution in [0, 0.1) is 5.92 Å². The molecule has 2 aromatic carbocycles. The van der Waals surface area contributed by atoms with Crippen molar-refractivity contribution in [1.82, 2.24) is 10.2 Å². The van der Waals surface area contributed by atoms with Crippen LogP contribution in [0.1, 0.15) is 56.6 Å². The fraction of sp³-hybridized carbons (Fsp3) is 0.533. The molecule has 2 saturated carbocycles. The standard InChI is InChI=1S/C30H38N2O5/c1-22(33)37-30-14-13-26(31-28(34)36-20-24-7-4-3-5-8-24)18-29(30,25-9-6-10-27(17-25)35-2)15-16-32(21-30)19-23-11-12-23/h3-10,17,23,26H,11-16,18-21H2,1-2H3,(H,31,34). The Labute approximate surface area is 219 Å². The Balaban J connectivity index is 1.40. The predicted molar refractivity (Wildman–Crippen MR) is 140 cm³/mol. The summed E-state index contributed by atoms with van der Waals surface area (Å²) >= 11 is 0. The van der Waals surface area contributed by atoms with E-state index in [1.165, 1.54) is 19.8 Å². The van der Waals surface area contributed by atoms with Crippen molar-refractivity contribution in [2.75, 3.05) is 26.7 Å². The second-order valence-corrected chi connectivity index (χ2v) is 11.0. The highest BCUT2D eigenvalue weighted by atomic mass is 16.6. The van der Waals surface area contributed by atoms with Crippen molar-refractivity contribution in [3.05, 3.63) is 65.7 Å². The van der Waals surface area contributed by atoms with E-state index in [0.29, 0.717) is 19.4 Å². The fourth-order valence-electron chi connectivity index (χ4n) is 6.48. The largest absolute Gasteiger partial charge is 0.497 e. The van der Waals surface area contributed by atoms with Gasteiger partial charge in [0.2, 0.25) is 0 Å². The van der Waals surface area contributed by atoms with Crippen LogP contribution in [0.15, 0.2) is 54.6 Å². The molecule has 3 unspecified atom stereocenters. The summed E-state index contributed by atoms with van der Waals surface area (Å²) in [5.74, 6) is 1.28. The fourth-order valence-corrected chi connectivity index (χ4v) is 6.48. The molecule has 0 aromatic heterocycles. The number of piperidine rings is 1. The summed E-state index contributed by atoms with van der Waals surface area (Å²) in [7, 11) is 1.67. The van der Waals surface area contributed by atoms with E-state index in [1.54, 1.807) is 7.11 Å². The number of rotatable bonds is 8. The predicted octanol–water partition coefficient (Wildman–Crippen LogP) is 4.83. The molecule has 3 aliphatic rings. The molecule has 3 atom stereocenters. The van der Waals surface area contributed by atoms with Gasteiger partial charge in [0.1, 0.15) is 18.0 Å². The summed E-state index contributed by atoms with van der Waals surface area (Å²) in [4.78, 5) is 27.8. The lowest BCUT2D eigenvalue weighted by molar-refractivity contribution is -0.187. The number of methoxy groups -OCH3 is 1. The van der Waals surface area contributed by atoms with Crippen molar-refractivity contribution in [1.29, 1.82) is 0 Å². The quantitative estimate of drug-likeness (QED) is 0.517. The molecule has 1 N–H and O–H groups in total. The van der Waals surface area contributed by atoms with Gasteiger partial charge in [0.05, 0.1) is 7.11 Å². The third-order valence-electron chi connectivity index (χ3n) is 8.41. The Morgan fingerprint density at radius 1 is 1.05 bits per heavy atom. The summed E-state index contributed by atoms with van der Waals surface area (Å²) in [5, 5.41) is 3.12. The van der Waals surface area contributed by atoms with E-state index in [0.717, 1.165) is 48.7 Å². The zero-order chi connectivity index (χ0) is 25.9. The Bertz CT molecular complexity index is 1100. The molecule has 1 aliphatic heterocycles. The minimum absolute atomic E-state index is 0.0897. The monoisotopic (exact) mass is 506 g/mol. The van der Waals surface area contributed by atoms with E-state index < -0.39 is 17.1 Å². The molecule has 0 spiro atoms. The maximum absolute atomic E-state index is 12.8. The number of fused-ring (bicyclic) bond motifs is 1. The van der Waals surface area contributed by atoms with Crippen molar-refractivity contribution in [2.45, 2.75) is 69.1 Å². The molecular weight excluding hydrogens is 468 g/mol. The molecule has 1 heterocycles. The molecule has 3 fully saturated rings. The van der Waals surface area contributed by atoms with Crippen molar-refractivity contribution in [3.63, 3.8) is 0 Å². The van der Waals surface area contributed by atoms with Gasteiger partial charge >= 0.3 is 12.1 Å². The molecule has 2 aromatic rings. The minimum atomic E-state index is -0.662. The first-order valence-electron chi connectivity index (χ1n) is 13.5. The Morgan fingerprint density at radius 3 is 2.59 bits per heavy atom. The van der Waals surface area contributed by atoms with Crippen LogP contribution >= 0.6 is 0 Å². The highest BCUT2D eigenvalue weighted by Gasteiger charge is 2.61. The number of amides is 1. The van der Waals surface area contributed by atoms with Crippen LogP contribution in [0.5, 0.6) is 5.75 Å². The second-order valence-electron chi connectivity index (χ2n) is 11.0. The van der Waals surface area contributed by atoms with Gasteiger partial charge in [-0.2, -0.15) is 0 Å². The average molecular weight is 507 g/mol. The number of hydrogen-bond donors (Lipinski definition) is 1. The molecule has 7 nitrogen and oxygen atoms in total. The van der Waals surface area contributed by atoms with Crippen LogP contribution in [0.4, 0.5) is 4.79 Å². The first-order valence-corrected chi connectivity index (χ1v) is 13.5. The third-order valence-corrected chi connectivity index (χ3v) is 8.41. The van der Waals surface area contributed by atoms with Crippen LogP contribution in [-0.4, -0.2) is 55.3 Å². The number of nitrogens with one attached hydrogen (secondary N) is 1. The zero-order valence-electron chi connectivity index (χ0n) is 21.9. The van der Waals surface area contributed by atoms with Gasteiger partial charge in [0, 0.05) is 31.5 Å². The van der Waals surface area contributed by atoms with Crippen molar-refractivity contribution in [2.24, 2.45) is 5.92 Å². The normalized spacial score (nSPS) is 27.6. The zero-order valence-corrected chi connectivity index (χ0v) is 21.9. The molecule has 37 heavy (non-hydrogen) atoms. The van der Waals surface area contributed by atoms with Gasteiger partial charge in [-0.1, -0.05) is 42.5 Å². The molecule has 1 amide bonds. The van der Waals surface area contributed by atoms with Gasteiger partial charge in [-0.15, -0.1) is 0 Å². The summed E-state index contributed by atoms with van der Waals surface area (Å²) in [6.07, 6.45) is 5.07. The first-order chi connectivity index (χ1) is 17.9. The Hall–Kier alpha value is -3.06. The van der Waals surface area contributed by atoms with E-state index >= 15 is 0 Å². The average Bonchev–Trinajstić information content (AvgIpc) is 3.72. The summed E-state index contributed by atoms with van der Waals surface area (Å²) < 4.78 is 17.5.